The molecule has 2 N–H and O–H groups in total. The first-order valence-corrected chi connectivity index (χ1v) is 7.25. The molecule has 1 aliphatic heterocycles. The Morgan fingerprint density at radius 1 is 1.42 bits per heavy atom. The lowest BCUT2D eigenvalue weighted by Gasteiger charge is -2.27. The van der Waals surface area contributed by atoms with Crippen LogP contribution in [0.1, 0.15) is 38.2 Å². The van der Waals surface area contributed by atoms with Gasteiger partial charge in [0.25, 0.3) is 0 Å². The normalized spacial score (nSPS) is 28.5. The van der Waals surface area contributed by atoms with E-state index >= 15 is 0 Å². The fourth-order valence-corrected chi connectivity index (χ4v) is 2.69. The molecule has 3 nitrogen and oxygen atoms in total. The minimum absolute atomic E-state index is 0.0724. The summed E-state index contributed by atoms with van der Waals surface area (Å²) in [5.41, 5.74) is 0.662. The van der Waals surface area contributed by atoms with Crippen LogP contribution in [0.5, 0.6) is 0 Å². The van der Waals surface area contributed by atoms with Crippen LogP contribution in [0.25, 0.3) is 0 Å². The molecular weight excluding hydrogens is 238 g/mol. The number of ether oxygens (including phenoxy) is 1. The molecule has 0 unspecified atom stereocenters. The molecule has 0 radical (unpaired) electrons. The molecule has 0 saturated carbocycles. The van der Waals surface area contributed by atoms with Crippen molar-refractivity contribution in [2.45, 2.75) is 44.3 Å². The molecule has 1 fully saturated rings. The molecule has 1 heterocycles. The molecule has 0 spiro atoms. The first kappa shape index (κ1) is 14.5. The SMILES string of the molecule is CC[C@H](CNC[C@]1(O)CCO[C@@H]1C)c1ccccc1. The van der Waals surface area contributed by atoms with Gasteiger partial charge in [0.05, 0.1) is 6.10 Å². The van der Waals surface area contributed by atoms with Crippen LogP contribution in [0, 0.1) is 0 Å². The van der Waals surface area contributed by atoms with E-state index in [0.717, 1.165) is 19.4 Å². The van der Waals surface area contributed by atoms with Gasteiger partial charge in [-0.25, -0.2) is 0 Å². The Hall–Kier alpha value is -0.900. The molecule has 19 heavy (non-hydrogen) atoms. The highest BCUT2D eigenvalue weighted by molar-refractivity contribution is 5.19. The highest BCUT2D eigenvalue weighted by Crippen LogP contribution is 2.25. The molecule has 0 bridgehead atoms. The largest absolute Gasteiger partial charge is 0.386 e. The molecular formula is C16H25NO2. The maximum atomic E-state index is 10.4. The van der Waals surface area contributed by atoms with E-state index in [4.69, 9.17) is 4.74 Å². The van der Waals surface area contributed by atoms with Crippen molar-refractivity contribution in [2.75, 3.05) is 19.7 Å². The van der Waals surface area contributed by atoms with Crippen molar-refractivity contribution in [1.82, 2.24) is 5.32 Å². The van der Waals surface area contributed by atoms with Crippen LogP contribution in [0.3, 0.4) is 0 Å². The Morgan fingerprint density at radius 2 is 2.16 bits per heavy atom. The quantitative estimate of drug-likeness (QED) is 0.827. The molecule has 3 atom stereocenters. The van der Waals surface area contributed by atoms with Crippen LogP contribution in [0.4, 0.5) is 0 Å². The van der Waals surface area contributed by atoms with Crippen molar-refractivity contribution in [2.24, 2.45) is 0 Å². The van der Waals surface area contributed by atoms with E-state index in [9.17, 15) is 5.11 Å². The fourth-order valence-electron chi connectivity index (χ4n) is 2.69. The highest BCUT2D eigenvalue weighted by atomic mass is 16.5. The van der Waals surface area contributed by atoms with E-state index in [1.165, 1.54) is 5.56 Å². The van der Waals surface area contributed by atoms with Crippen LogP contribution < -0.4 is 5.32 Å². The van der Waals surface area contributed by atoms with Crippen LogP contribution in [-0.4, -0.2) is 36.5 Å². The number of nitrogens with one attached hydrogen (secondary N) is 1. The summed E-state index contributed by atoms with van der Waals surface area (Å²) >= 11 is 0. The fraction of sp³-hybridized carbons (Fsp3) is 0.625. The average molecular weight is 263 g/mol. The summed E-state index contributed by atoms with van der Waals surface area (Å²) in [4.78, 5) is 0. The zero-order valence-corrected chi connectivity index (χ0v) is 11.9. The number of aliphatic hydroxyl groups is 1. The maximum Gasteiger partial charge on any atom is 0.105 e. The van der Waals surface area contributed by atoms with Crippen molar-refractivity contribution in [1.29, 1.82) is 0 Å². The number of hydrogen-bond donors (Lipinski definition) is 2. The third-order valence-electron chi connectivity index (χ3n) is 4.25. The smallest absolute Gasteiger partial charge is 0.105 e. The molecule has 3 heteroatoms. The van der Waals surface area contributed by atoms with E-state index in [1.807, 2.05) is 13.0 Å². The predicted molar refractivity (Wildman–Crippen MR) is 77.3 cm³/mol. The summed E-state index contributed by atoms with van der Waals surface area (Å²) in [6, 6.07) is 10.6. The lowest BCUT2D eigenvalue weighted by molar-refractivity contribution is -0.0261. The Bertz CT molecular complexity index is 382. The van der Waals surface area contributed by atoms with Crippen LogP contribution in [0.15, 0.2) is 30.3 Å². The van der Waals surface area contributed by atoms with Gasteiger partial charge in [-0.3, -0.25) is 0 Å². The van der Waals surface area contributed by atoms with Crippen molar-refractivity contribution < 1.29 is 9.84 Å². The van der Waals surface area contributed by atoms with Gasteiger partial charge >= 0.3 is 0 Å². The summed E-state index contributed by atoms with van der Waals surface area (Å²) in [6.07, 6.45) is 1.75. The van der Waals surface area contributed by atoms with Crippen molar-refractivity contribution >= 4 is 0 Å². The van der Waals surface area contributed by atoms with E-state index in [2.05, 4.69) is 36.5 Å². The van der Waals surface area contributed by atoms with Gasteiger partial charge in [0.2, 0.25) is 0 Å². The number of benzene rings is 1. The molecule has 1 saturated heterocycles. The summed E-state index contributed by atoms with van der Waals surface area (Å²) in [6.45, 7) is 6.32. The third-order valence-corrected chi connectivity index (χ3v) is 4.25. The van der Waals surface area contributed by atoms with Gasteiger partial charge < -0.3 is 15.2 Å². The summed E-state index contributed by atoms with van der Waals surface area (Å²) in [5.74, 6) is 0.502. The van der Waals surface area contributed by atoms with Gasteiger partial charge in [0.1, 0.15) is 5.60 Å². The molecule has 1 aromatic carbocycles. The standard InChI is InChI=1S/C16H25NO2/c1-3-14(15-7-5-4-6-8-15)11-17-12-16(18)9-10-19-13(16)2/h4-8,13-14,17-18H,3,9-12H2,1-2H3/t13-,14-,16-/m1/s1. The molecule has 106 valence electrons. The van der Waals surface area contributed by atoms with Gasteiger partial charge in [-0.2, -0.15) is 0 Å². The second-order valence-corrected chi connectivity index (χ2v) is 5.51. The third kappa shape index (κ3) is 3.56. The monoisotopic (exact) mass is 263 g/mol. The topological polar surface area (TPSA) is 41.5 Å². The van der Waals surface area contributed by atoms with Crippen LogP contribution in [0.2, 0.25) is 0 Å². The van der Waals surface area contributed by atoms with Gasteiger partial charge in [-0.05, 0) is 24.8 Å². The Morgan fingerprint density at radius 3 is 2.74 bits per heavy atom. The minimum atomic E-state index is -0.699. The zero-order chi connectivity index (χ0) is 13.7. The Balaban J connectivity index is 1.84. The molecule has 0 aliphatic carbocycles. The lowest BCUT2D eigenvalue weighted by atomic mass is 9.94. The molecule has 0 aromatic heterocycles. The Labute approximate surface area is 116 Å². The van der Waals surface area contributed by atoms with Gasteiger partial charge in [0.15, 0.2) is 0 Å². The van der Waals surface area contributed by atoms with Gasteiger partial charge in [0, 0.05) is 26.1 Å². The van der Waals surface area contributed by atoms with Gasteiger partial charge in [-0.1, -0.05) is 37.3 Å². The number of hydrogen-bond acceptors (Lipinski definition) is 3. The first-order chi connectivity index (χ1) is 9.15. The average Bonchev–Trinajstić information content (AvgIpc) is 2.76. The van der Waals surface area contributed by atoms with E-state index < -0.39 is 5.60 Å². The molecule has 2 rings (SSSR count). The van der Waals surface area contributed by atoms with E-state index in [0.29, 0.717) is 19.1 Å². The van der Waals surface area contributed by atoms with Crippen molar-refractivity contribution in [3.05, 3.63) is 35.9 Å². The predicted octanol–water partition coefficient (Wildman–Crippen LogP) is 2.31. The van der Waals surface area contributed by atoms with Crippen molar-refractivity contribution in [3.63, 3.8) is 0 Å². The molecule has 1 aliphatic rings. The van der Waals surface area contributed by atoms with Crippen molar-refractivity contribution in [3.8, 4) is 0 Å². The lowest BCUT2D eigenvalue weighted by Crippen LogP contribution is -2.46. The maximum absolute atomic E-state index is 10.4. The summed E-state index contributed by atoms with van der Waals surface area (Å²) < 4.78 is 5.45. The second kappa shape index (κ2) is 6.51. The number of rotatable bonds is 6. The minimum Gasteiger partial charge on any atom is -0.386 e. The molecule has 0 amide bonds. The molecule has 1 aromatic rings. The van der Waals surface area contributed by atoms with E-state index in [-0.39, 0.29) is 6.10 Å². The van der Waals surface area contributed by atoms with E-state index in [1.54, 1.807) is 0 Å². The Kier molecular flexibility index (Phi) is 4.97. The summed E-state index contributed by atoms with van der Waals surface area (Å²) in [5, 5.41) is 13.8. The highest BCUT2D eigenvalue weighted by Gasteiger charge is 2.39. The second-order valence-electron chi connectivity index (χ2n) is 5.51. The summed E-state index contributed by atoms with van der Waals surface area (Å²) in [7, 11) is 0. The van der Waals surface area contributed by atoms with Crippen LogP contribution >= 0.6 is 0 Å². The van der Waals surface area contributed by atoms with Gasteiger partial charge in [-0.15, -0.1) is 0 Å². The first-order valence-electron chi connectivity index (χ1n) is 7.25. The zero-order valence-electron chi connectivity index (χ0n) is 11.9. The van der Waals surface area contributed by atoms with Crippen LogP contribution in [-0.2, 0) is 4.74 Å².